The topological polar surface area (TPSA) is 174 Å². The third kappa shape index (κ3) is 4.92. The molecule has 0 amide bonds. The van der Waals surface area contributed by atoms with Crippen molar-refractivity contribution in [3.8, 4) is 11.5 Å². The Labute approximate surface area is 303 Å². The monoisotopic (exact) mass is 720 g/mol. The van der Waals surface area contributed by atoms with Gasteiger partial charge in [0.05, 0.1) is 19.3 Å². The smallest absolute Gasteiger partial charge is 0.331 e. The number of phenols is 1. The molecule has 1 unspecified atom stereocenters. The lowest BCUT2D eigenvalue weighted by Crippen LogP contribution is -2.76. The summed E-state index contributed by atoms with van der Waals surface area (Å²) in [6.45, 7) is 10.8. The molecule has 280 valence electrons. The van der Waals surface area contributed by atoms with Crippen molar-refractivity contribution in [2.75, 3.05) is 13.7 Å². The predicted molar refractivity (Wildman–Crippen MR) is 187 cm³/mol. The van der Waals surface area contributed by atoms with Crippen molar-refractivity contribution >= 4 is 17.8 Å². The fourth-order valence-corrected chi connectivity index (χ4v) is 9.61. The summed E-state index contributed by atoms with van der Waals surface area (Å²) >= 11 is 0. The number of allylic oxidation sites excluding steroid dienone is 3. The Morgan fingerprint density at radius 2 is 1.90 bits per heavy atom. The summed E-state index contributed by atoms with van der Waals surface area (Å²) in [5.41, 5.74) is -6.06. The second-order valence-electron chi connectivity index (χ2n) is 15.0. The first-order chi connectivity index (χ1) is 24.7. The molecule has 3 heterocycles. The number of aliphatic hydroxyl groups excluding tert-OH is 2. The van der Waals surface area contributed by atoms with E-state index in [9.17, 15) is 30.0 Å². The lowest BCUT2D eigenvalue weighted by atomic mass is 9.53. The average Bonchev–Trinajstić information content (AvgIpc) is 3.75. The summed E-state index contributed by atoms with van der Waals surface area (Å²) in [7, 11) is 1.42. The highest BCUT2D eigenvalue weighted by Gasteiger charge is 2.90. The van der Waals surface area contributed by atoms with E-state index in [1.54, 1.807) is 51.1 Å². The van der Waals surface area contributed by atoms with Crippen LogP contribution < -0.4 is 4.74 Å². The van der Waals surface area contributed by atoms with Crippen molar-refractivity contribution in [2.24, 2.45) is 17.8 Å². The van der Waals surface area contributed by atoms with Gasteiger partial charge in [0.2, 0.25) is 0 Å². The number of esters is 1. The molecule has 3 saturated heterocycles. The second-order valence-corrected chi connectivity index (χ2v) is 15.0. The van der Waals surface area contributed by atoms with E-state index in [1.165, 1.54) is 25.3 Å². The number of rotatable bonds is 12. The van der Waals surface area contributed by atoms with E-state index in [4.69, 9.17) is 28.4 Å². The minimum absolute atomic E-state index is 0.0538. The molecule has 6 aliphatic rings. The van der Waals surface area contributed by atoms with Crippen molar-refractivity contribution in [3.63, 3.8) is 0 Å². The van der Waals surface area contributed by atoms with E-state index in [0.29, 0.717) is 11.1 Å². The molecule has 52 heavy (non-hydrogen) atoms. The number of ether oxygens (including phenoxy) is 6. The fourth-order valence-electron chi connectivity index (χ4n) is 9.61. The highest BCUT2D eigenvalue weighted by atomic mass is 16.9. The number of ketones is 1. The van der Waals surface area contributed by atoms with Crippen molar-refractivity contribution in [1.29, 1.82) is 0 Å². The van der Waals surface area contributed by atoms with Crippen LogP contribution in [-0.2, 0) is 33.3 Å². The minimum Gasteiger partial charge on any atom is -0.504 e. The number of fused-ring (bicyclic) bond motifs is 3. The lowest BCUT2D eigenvalue weighted by Gasteiger charge is -2.61. The zero-order valence-corrected chi connectivity index (χ0v) is 30.1. The van der Waals surface area contributed by atoms with Gasteiger partial charge in [0, 0.05) is 29.9 Å². The molecular formula is C40H48O12. The number of aromatic hydroxyl groups is 1. The molecule has 12 nitrogen and oxygen atoms in total. The van der Waals surface area contributed by atoms with Gasteiger partial charge in [-0.2, -0.15) is 0 Å². The summed E-state index contributed by atoms with van der Waals surface area (Å²) in [6, 6.07) is 4.62. The van der Waals surface area contributed by atoms with Crippen LogP contribution in [0.2, 0.25) is 0 Å². The van der Waals surface area contributed by atoms with Gasteiger partial charge < -0.3 is 48.8 Å². The number of benzene rings is 1. The Morgan fingerprint density at radius 1 is 1.13 bits per heavy atom. The molecule has 0 aromatic heterocycles. The summed E-state index contributed by atoms with van der Waals surface area (Å²) in [5.74, 6) is -6.02. The first-order valence-electron chi connectivity index (χ1n) is 18.0. The number of hydrogen-bond acceptors (Lipinski definition) is 12. The third-order valence-corrected chi connectivity index (χ3v) is 12.1. The average molecular weight is 721 g/mol. The van der Waals surface area contributed by atoms with Gasteiger partial charge in [-0.1, -0.05) is 63.6 Å². The molecule has 7 rings (SSSR count). The van der Waals surface area contributed by atoms with Crippen molar-refractivity contribution in [2.45, 2.75) is 106 Å². The number of phenolic OH excluding ortho intramolecular Hbond substituents is 1. The van der Waals surface area contributed by atoms with Crippen molar-refractivity contribution < 1.29 is 58.4 Å². The van der Waals surface area contributed by atoms with E-state index >= 15 is 0 Å². The maximum atomic E-state index is 13.9. The SMILES string of the molecule is C=C(C)[C@@]12OC3(/C=C/C=C/CCCCC)O[C@@H]1[C@@H]1[C@@H]4O[C@]4(CO)[C@@H](O)[C@]4(O)C(=O)C(C)=C[C@H]4[C@@]1(O3)[C@H](C)[C@H]2OC(=O)/C=C/c1ccc(O)c(OC)c1. The maximum Gasteiger partial charge on any atom is 0.331 e. The molecular weight excluding hydrogens is 672 g/mol. The molecule has 2 saturated carbocycles. The summed E-state index contributed by atoms with van der Waals surface area (Å²) in [6.07, 6.45) is 10.9. The molecule has 12 atom stereocenters. The number of methoxy groups -OCH3 is 1. The Hall–Kier alpha value is -3.62. The van der Waals surface area contributed by atoms with Gasteiger partial charge in [0.15, 0.2) is 28.5 Å². The van der Waals surface area contributed by atoms with Crippen LogP contribution in [0.25, 0.3) is 6.08 Å². The van der Waals surface area contributed by atoms with Crippen molar-refractivity contribution in [3.05, 3.63) is 77.9 Å². The largest absolute Gasteiger partial charge is 0.504 e. The number of epoxide rings is 1. The zero-order valence-electron chi connectivity index (χ0n) is 30.1. The molecule has 0 spiro atoms. The molecule has 0 radical (unpaired) electrons. The molecule has 1 aromatic rings. The van der Waals surface area contributed by atoms with Gasteiger partial charge in [-0.05, 0) is 61.6 Å². The zero-order chi connectivity index (χ0) is 37.4. The van der Waals surface area contributed by atoms with E-state index < -0.39 is 88.9 Å². The van der Waals surface area contributed by atoms with Gasteiger partial charge in [-0.25, -0.2) is 4.79 Å². The van der Waals surface area contributed by atoms with Gasteiger partial charge in [0.25, 0.3) is 0 Å². The van der Waals surface area contributed by atoms with Crippen LogP contribution in [-0.4, -0.2) is 98.7 Å². The van der Waals surface area contributed by atoms with Crippen molar-refractivity contribution in [1.82, 2.24) is 0 Å². The second kappa shape index (κ2) is 12.8. The first-order valence-corrected chi connectivity index (χ1v) is 18.0. The first kappa shape index (κ1) is 36.7. The van der Waals surface area contributed by atoms with Gasteiger partial charge >= 0.3 is 11.9 Å². The number of unbranched alkanes of at least 4 members (excludes halogenated alkanes) is 3. The number of hydrogen-bond donors (Lipinski definition) is 4. The standard InChI is InChI=1S/C40H48O12/c1-7-8-9-10-11-12-13-18-37-50-34-30-33-36(21-41,49-33)35(45)38(46)28(19-23(4)31(38)44)40(30,52-37)24(5)32(39(34,51-37)22(2)3)48-29(43)17-15-25-14-16-26(42)27(20-25)47-6/h11-20,24,28,30,32-35,41-42,45-46H,2,7-10,21H2,1,3-6H3/b12-11+,17-15+,18-13+/t24-,28-,30+,32-,33+,34-,35-,36+,37?,38-,39+,40+/m1/s1. The van der Waals surface area contributed by atoms with E-state index in [-0.39, 0.29) is 17.1 Å². The van der Waals surface area contributed by atoms with Crippen LogP contribution in [0.15, 0.2) is 72.4 Å². The number of carbonyl (C=O) groups is 2. The van der Waals surface area contributed by atoms with E-state index in [2.05, 4.69) is 13.5 Å². The van der Waals surface area contributed by atoms with E-state index in [1.807, 2.05) is 12.2 Å². The summed E-state index contributed by atoms with van der Waals surface area (Å²) < 4.78 is 38.4. The number of Topliss-reactive ketones (excluding diaryl/α,β-unsaturated/α-hetero) is 1. The summed E-state index contributed by atoms with van der Waals surface area (Å²) in [4.78, 5) is 27.7. The lowest BCUT2D eigenvalue weighted by molar-refractivity contribution is -0.407. The highest BCUT2D eigenvalue weighted by molar-refractivity contribution is 6.05. The quantitative estimate of drug-likeness (QED) is 0.0615. The highest BCUT2D eigenvalue weighted by Crippen LogP contribution is 2.73. The molecule has 3 bridgehead atoms. The molecule has 5 fully saturated rings. The number of aliphatic hydroxyl groups is 3. The Bertz CT molecular complexity index is 1780. The molecule has 3 aliphatic heterocycles. The Morgan fingerprint density at radius 3 is 2.60 bits per heavy atom. The van der Waals surface area contributed by atoms with Crippen LogP contribution in [0.4, 0.5) is 0 Å². The Balaban J connectivity index is 1.35. The maximum absolute atomic E-state index is 13.9. The van der Waals surface area contributed by atoms with Gasteiger partial charge in [-0.15, -0.1) is 0 Å². The third-order valence-electron chi connectivity index (χ3n) is 12.1. The van der Waals surface area contributed by atoms with Crippen LogP contribution in [0.5, 0.6) is 11.5 Å². The number of carbonyl (C=O) groups excluding carboxylic acids is 2. The van der Waals surface area contributed by atoms with Crippen LogP contribution in [0.1, 0.15) is 58.9 Å². The molecule has 12 heteroatoms. The summed E-state index contributed by atoms with van der Waals surface area (Å²) in [5, 5.41) is 45.1. The Kier molecular flexibility index (Phi) is 9.01. The predicted octanol–water partition coefficient (Wildman–Crippen LogP) is 3.82. The normalized spacial score (nSPS) is 42.7. The molecule has 4 N–H and O–H groups in total. The molecule has 3 aliphatic carbocycles. The van der Waals surface area contributed by atoms with Gasteiger partial charge in [0.1, 0.15) is 30.0 Å². The van der Waals surface area contributed by atoms with Crippen LogP contribution in [0.3, 0.4) is 0 Å². The van der Waals surface area contributed by atoms with Crippen LogP contribution in [0, 0.1) is 17.8 Å². The fraction of sp³-hybridized carbons (Fsp3) is 0.550. The molecule has 1 aromatic carbocycles. The van der Waals surface area contributed by atoms with Gasteiger partial charge in [-0.3, -0.25) is 4.79 Å². The minimum atomic E-state index is -2.46. The van der Waals surface area contributed by atoms with E-state index in [0.717, 1.165) is 25.7 Å². The van der Waals surface area contributed by atoms with Crippen LogP contribution >= 0.6 is 0 Å².